The zero-order valence-electron chi connectivity index (χ0n) is 16.6. The van der Waals surface area contributed by atoms with E-state index < -0.39 is 0 Å². The number of hydrogen-bond acceptors (Lipinski definition) is 5. The van der Waals surface area contributed by atoms with Gasteiger partial charge in [-0.25, -0.2) is 9.97 Å². The van der Waals surface area contributed by atoms with Gasteiger partial charge in [0.2, 0.25) is 11.3 Å². The molecule has 0 spiro atoms. The van der Waals surface area contributed by atoms with Crippen LogP contribution in [-0.4, -0.2) is 20.1 Å². The number of benzene rings is 1. The summed E-state index contributed by atoms with van der Waals surface area (Å²) < 4.78 is 13.4. The van der Waals surface area contributed by atoms with Crippen molar-refractivity contribution >= 4 is 22.2 Å². The number of aryl methyl sites for hydroxylation is 2. The standard InChI is InChI=1S/C23H23N3O3/c1-23(2)12-18-16(13-28-23)11-17-19-20(29-21(17)25-18)22(27)26(14-24-19)10-6-9-15-7-4-3-5-8-15/h3-5,7-8,11,14H,6,9-10,12-13H2,1-2H3. The van der Waals surface area contributed by atoms with Gasteiger partial charge in [-0.05, 0) is 38.3 Å². The second-order valence-electron chi connectivity index (χ2n) is 8.28. The second kappa shape index (κ2) is 6.81. The Morgan fingerprint density at radius 2 is 2.03 bits per heavy atom. The number of nitrogens with zero attached hydrogens (tertiary/aromatic N) is 3. The van der Waals surface area contributed by atoms with Crippen LogP contribution in [0.15, 0.2) is 51.9 Å². The number of fused-ring (bicyclic) bond motifs is 4. The fourth-order valence-corrected chi connectivity index (χ4v) is 3.93. The molecule has 5 rings (SSSR count). The van der Waals surface area contributed by atoms with Crippen LogP contribution in [0.2, 0.25) is 0 Å². The molecule has 4 aromatic rings. The minimum Gasteiger partial charge on any atom is -0.430 e. The molecule has 0 aliphatic carbocycles. The van der Waals surface area contributed by atoms with E-state index in [0.717, 1.165) is 29.5 Å². The van der Waals surface area contributed by atoms with Gasteiger partial charge in [-0.15, -0.1) is 0 Å². The average molecular weight is 389 g/mol. The molecule has 0 unspecified atom stereocenters. The van der Waals surface area contributed by atoms with Gasteiger partial charge < -0.3 is 9.15 Å². The fourth-order valence-electron chi connectivity index (χ4n) is 3.93. The van der Waals surface area contributed by atoms with Crippen LogP contribution in [0.5, 0.6) is 0 Å². The summed E-state index contributed by atoms with van der Waals surface area (Å²) in [7, 11) is 0. The Hall–Kier alpha value is -2.99. The molecule has 1 aliphatic rings. The first-order valence-electron chi connectivity index (χ1n) is 9.98. The van der Waals surface area contributed by atoms with Crippen molar-refractivity contribution in [1.29, 1.82) is 0 Å². The molecule has 29 heavy (non-hydrogen) atoms. The van der Waals surface area contributed by atoms with Gasteiger partial charge in [0.1, 0.15) is 5.52 Å². The van der Waals surface area contributed by atoms with Crippen molar-refractivity contribution < 1.29 is 9.15 Å². The Labute approximate surface area is 168 Å². The predicted molar refractivity (Wildman–Crippen MR) is 111 cm³/mol. The minimum absolute atomic E-state index is 0.157. The zero-order valence-corrected chi connectivity index (χ0v) is 16.6. The molecular weight excluding hydrogens is 366 g/mol. The van der Waals surface area contributed by atoms with E-state index in [0.29, 0.717) is 30.8 Å². The number of hydrogen-bond donors (Lipinski definition) is 0. The molecular formula is C23H23N3O3. The van der Waals surface area contributed by atoms with Crippen molar-refractivity contribution in [1.82, 2.24) is 14.5 Å². The number of pyridine rings is 1. The highest BCUT2D eigenvalue weighted by Gasteiger charge is 2.28. The molecule has 0 bridgehead atoms. The molecule has 6 heteroatoms. The van der Waals surface area contributed by atoms with Gasteiger partial charge in [-0.1, -0.05) is 30.3 Å². The topological polar surface area (TPSA) is 70.2 Å². The van der Waals surface area contributed by atoms with Crippen molar-refractivity contribution in [2.24, 2.45) is 0 Å². The summed E-state index contributed by atoms with van der Waals surface area (Å²) in [5, 5.41) is 0.774. The summed E-state index contributed by atoms with van der Waals surface area (Å²) >= 11 is 0. The van der Waals surface area contributed by atoms with E-state index in [1.54, 1.807) is 10.9 Å². The number of aromatic nitrogens is 3. The van der Waals surface area contributed by atoms with Gasteiger partial charge in [0.15, 0.2) is 0 Å². The van der Waals surface area contributed by atoms with Crippen molar-refractivity contribution in [3.8, 4) is 0 Å². The smallest absolute Gasteiger partial charge is 0.297 e. The quantitative estimate of drug-likeness (QED) is 0.527. The van der Waals surface area contributed by atoms with Gasteiger partial charge in [-0.3, -0.25) is 9.36 Å². The molecule has 0 saturated heterocycles. The van der Waals surface area contributed by atoms with Crippen LogP contribution in [-0.2, 0) is 30.7 Å². The molecule has 1 aliphatic heterocycles. The predicted octanol–water partition coefficient (Wildman–Crippen LogP) is 4.02. The summed E-state index contributed by atoms with van der Waals surface area (Å²) in [6.07, 6.45) is 4.10. The molecule has 0 atom stereocenters. The molecule has 6 nitrogen and oxygen atoms in total. The largest absolute Gasteiger partial charge is 0.430 e. The monoisotopic (exact) mass is 389 g/mol. The Bertz CT molecular complexity index is 1260. The van der Waals surface area contributed by atoms with Gasteiger partial charge in [0.25, 0.3) is 5.56 Å². The first kappa shape index (κ1) is 18.1. The zero-order chi connectivity index (χ0) is 20.0. The van der Waals surface area contributed by atoms with E-state index in [9.17, 15) is 4.79 Å². The molecule has 0 amide bonds. The normalized spacial score (nSPS) is 15.7. The van der Waals surface area contributed by atoms with Crippen LogP contribution in [0.4, 0.5) is 0 Å². The van der Waals surface area contributed by atoms with Crippen molar-refractivity contribution in [2.45, 2.75) is 51.9 Å². The second-order valence-corrected chi connectivity index (χ2v) is 8.28. The maximum absolute atomic E-state index is 12.9. The van der Waals surface area contributed by atoms with Gasteiger partial charge in [0.05, 0.1) is 29.6 Å². The van der Waals surface area contributed by atoms with Crippen LogP contribution >= 0.6 is 0 Å². The molecule has 148 valence electrons. The summed E-state index contributed by atoms with van der Waals surface area (Å²) in [5.74, 6) is 0. The molecule has 0 fully saturated rings. The summed E-state index contributed by atoms with van der Waals surface area (Å²) in [6, 6.07) is 12.3. The maximum atomic E-state index is 12.9. The van der Waals surface area contributed by atoms with Crippen molar-refractivity contribution in [2.75, 3.05) is 0 Å². The van der Waals surface area contributed by atoms with Gasteiger partial charge in [0, 0.05) is 18.5 Å². The lowest BCUT2D eigenvalue weighted by molar-refractivity contribution is -0.0411. The Morgan fingerprint density at radius 3 is 2.86 bits per heavy atom. The van der Waals surface area contributed by atoms with E-state index in [2.05, 4.69) is 35.9 Å². The van der Waals surface area contributed by atoms with E-state index in [-0.39, 0.29) is 16.7 Å². The lowest BCUT2D eigenvalue weighted by Gasteiger charge is -2.30. The van der Waals surface area contributed by atoms with E-state index >= 15 is 0 Å². The highest BCUT2D eigenvalue weighted by Crippen LogP contribution is 2.31. The first-order valence-corrected chi connectivity index (χ1v) is 9.98. The summed E-state index contributed by atoms with van der Waals surface area (Å²) in [5.41, 5.74) is 4.19. The average Bonchev–Trinajstić information content (AvgIpc) is 3.06. The third-order valence-corrected chi connectivity index (χ3v) is 5.53. The Morgan fingerprint density at radius 1 is 1.21 bits per heavy atom. The SMILES string of the molecule is CC1(C)Cc2nc3oc4c(=O)n(CCCc5ccccc5)cnc4c3cc2CO1. The van der Waals surface area contributed by atoms with E-state index in [1.165, 1.54) is 5.56 Å². The van der Waals surface area contributed by atoms with Crippen LogP contribution in [0.1, 0.15) is 37.1 Å². The highest BCUT2D eigenvalue weighted by molar-refractivity contribution is 6.00. The molecule has 0 saturated carbocycles. The molecule has 0 radical (unpaired) electrons. The lowest BCUT2D eigenvalue weighted by Crippen LogP contribution is -2.32. The molecule has 1 aromatic carbocycles. The number of ether oxygens (including phenoxy) is 1. The Balaban J connectivity index is 1.47. The first-order chi connectivity index (χ1) is 14.0. The third kappa shape index (κ3) is 3.34. The van der Waals surface area contributed by atoms with Gasteiger partial charge in [-0.2, -0.15) is 0 Å². The summed E-state index contributed by atoms with van der Waals surface area (Å²) in [4.78, 5) is 22.1. The molecule has 4 heterocycles. The third-order valence-electron chi connectivity index (χ3n) is 5.53. The maximum Gasteiger partial charge on any atom is 0.297 e. The van der Waals surface area contributed by atoms with Crippen molar-refractivity contribution in [3.05, 3.63) is 69.9 Å². The van der Waals surface area contributed by atoms with Crippen LogP contribution < -0.4 is 5.56 Å². The number of rotatable bonds is 4. The van der Waals surface area contributed by atoms with Crippen LogP contribution in [0.25, 0.3) is 22.2 Å². The van der Waals surface area contributed by atoms with Crippen LogP contribution in [0, 0.1) is 0 Å². The van der Waals surface area contributed by atoms with Crippen molar-refractivity contribution in [3.63, 3.8) is 0 Å². The number of furan rings is 1. The van der Waals surface area contributed by atoms with Crippen LogP contribution in [0.3, 0.4) is 0 Å². The molecule has 0 N–H and O–H groups in total. The Kier molecular flexibility index (Phi) is 4.24. The fraction of sp³-hybridized carbons (Fsp3) is 0.348. The van der Waals surface area contributed by atoms with Gasteiger partial charge >= 0.3 is 0 Å². The lowest BCUT2D eigenvalue weighted by atomic mass is 9.95. The van der Waals surface area contributed by atoms with E-state index in [4.69, 9.17) is 9.15 Å². The summed E-state index contributed by atoms with van der Waals surface area (Å²) in [6.45, 7) is 5.21. The van der Waals surface area contributed by atoms with E-state index in [1.807, 2.05) is 24.3 Å². The minimum atomic E-state index is -0.247. The molecule has 3 aromatic heterocycles. The highest BCUT2D eigenvalue weighted by atomic mass is 16.5.